The SMILES string of the molecule is O=C(Nc1ccc(CN2C(=O)CSC2=O)cc1)N1CCN(C(=O)c2ccccc2)CC1. The molecule has 2 fully saturated rings. The van der Waals surface area contributed by atoms with Gasteiger partial charge in [0.25, 0.3) is 11.1 Å². The minimum Gasteiger partial charge on any atom is -0.335 e. The molecule has 2 aromatic carbocycles. The number of carbonyl (C=O) groups excluding carboxylic acids is 4. The van der Waals surface area contributed by atoms with Crippen molar-refractivity contribution in [3.63, 3.8) is 0 Å². The molecule has 0 aliphatic carbocycles. The van der Waals surface area contributed by atoms with E-state index in [2.05, 4.69) is 5.32 Å². The molecule has 8 nitrogen and oxygen atoms in total. The molecule has 31 heavy (non-hydrogen) atoms. The zero-order valence-corrected chi connectivity index (χ0v) is 17.6. The second-order valence-corrected chi connectivity index (χ2v) is 8.23. The van der Waals surface area contributed by atoms with Crippen molar-refractivity contribution < 1.29 is 19.2 Å². The quantitative estimate of drug-likeness (QED) is 0.793. The molecule has 0 saturated carbocycles. The molecule has 0 unspecified atom stereocenters. The maximum absolute atomic E-state index is 12.6. The van der Waals surface area contributed by atoms with Gasteiger partial charge in [-0.25, -0.2) is 4.79 Å². The first-order valence-corrected chi connectivity index (χ1v) is 11.0. The monoisotopic (exact) mass is 438 g/mol. The summed E-state index contributed by atoms with van der Waals surface area (Å²) in [5.74, 6) is -0.0149. The summed E-state index contributed by atoms with van der Waals surface area (Å²) in [7, 11) is 0. The molecule has 1 N–H and O–H groups in total. The van der Waals surface area contributed by atoms with E-state index in [9.17, 15) is 19.2 Å². The minimum absolute atomic E-state index is 0.0235. The van der Waals surface area contributed by atoms with E-state index < -0.39 is 0 Å². The van der Waals surface area contributed by atoms with Crippen LogP contribution in [0.3, 0.4) is 0 Å². The predicted molar refractivity (Wildman–Crippen MR) is 118 cm³/mol. The van der Waals surface area contributed by atoms with Crippen molar-refractivity contribution in [3.05, 3.63) is 65.7 Å². The second kappa shape index (κ2) is 9.22. The summed E-state index contributed by atoms with van der Waals surface area (Å²) in [5.41, 5.74) is 2.09. The third-order valence-electron chi connectivity index (χ3n) is 5.26. The highest BCUT2D eigenvalue weighted by Crippen LogP contribution is 2.22. The maximum Gasteiger partial charge on any atom is 0.321 e. The zero-order valence-electron chi connectivity index (χ0n) is 16.8. The lowest BCUT2D eigenvalue weighted by molar-refractivity contribution is -0.125. The van der Waals surface area contributed by atoms with Gasteiger partial charge in [0.2, 0.25) is 5.91 Å². The fourth-order valence-electron chi connectivity index (χ4n) is 3.49. The molecule has 4 rings (SSSR count). The number of amides is 5. The fourth-order valence-corrected chi connectivity index (χ4v) is 4.21. The van der Waals surface area contributed by atoms with Gasteiger partial charge in [0.1, 0.15) is 0 Å². The van der Waals surface area contributed by atoms with E-state index in [1.165, 1.54) is 4.90 Å². The molecule has 2 aliphatic heterocycles. The Bertz CT molecular complexity index is 972. The Kier molecular flexibility index (Phi) is 6.22. The van der Waals surface area contributed by atoms with Crippen molar-refractivity contribution >= 4 is 40.5 Å². The van der Waals surface area contributed by atoms with Gasteiger partial charge in [-0.2, -0.15) is 0 Å². The van der Waals surface area contributed by atoms with E-state index in [1.54, 1.807) is 46.2 Å². The molecule has 0 spiro atoms. The standard InChI is InChI=1S/C22H22N4O4S/c27-19-15-31-22(30)26(19)14-16-6-8-18(9-7-16)23-21(29)25-12-10-24(11-13-25)20(28)17-4-2-1-3-5-17/h1-9H,10-15H2,(H,23,29). The van der Waals surface area contributed by atoms with Crippen LogP contribution >= 0.6 is 11.8 Å². The Hall–Kier alpha value is -3.33. The Morgan fingerprint density at radius 2 is 1.52 bits per heavy atom. The number of hydrogen-bond donors (Lipinski definition) is 1. The Balaban J connectivity index is 1.27. The van der Waals surface area contributed by atoms with Gasteiger partial charge in [-0.05, 0) is 29.8 Å². The topological polar surface area (TPSA) is 90.0 Å². The average Bonchev–Trinajstić information content (AvgIpc) is 3.12. The van der Waals surface area contributed by atoms with Crippen LogP contribution < -0.4 is 5.32 Å². The number of hydrogen-bond acceptors (Lipinski definition) is 5. The fraction of sp³-hybridized carbons (Fsp3) is 0.273. The number of benzene rings is 2. The van der Waals surface area contributed by atoms with Crippen LogP contribution in [0, 0.1) is 0 Å². The molecule has 9 heteroatoms. The molecule has 2 aliphatic rings. The molecule has 0 radical (unpaired) electrons. The number of thioether (sulfide) groups is 1. The highest BCUT2D eigenvalue weighted by atomic mass is 32.2. The van der Waals surface area contributed by atoms with Crippen molar-refractivity contribution in [1.29, 1.82) is 0 Å². The first kappa shape index (κ1) is 20.9. The second-order valence-electron chi connectivity index (χ2n) is 7.31. The summed E-state index contributed by atoms with van der Waals surface area (Å²) in [6.07, 6.45) is 0. The van der Waals surface area contributed by atoms with Crippen LogP contribution in [0.5, 0.6) is 0 Å². The van der Waals surface area contributed by atoms with Crippen LogP contribution in [0.4, 0.5) is 15.3 Å². The Morgan fingerprint density at radius 3 is 2.13 bits per heavy atom. The van der Waals surface area contributed by atoms with Crippen molar-refractivity contribution in [2.45, 2.75) is 6.54 Å². The van der Waals surface area contributed by atoms with E-state index in [0.29, 0.717) is 37.4 Å². The summed E-state index contributed by atoms with van der Waals surface area (Å²) in [6.45, 7) is 2.11. The lowest BCUT2D eigenvalue weighted by Crippen LogP contribution is -2.51. The Labute approximate surface area is 184 Å². The molecule has 0 aromatic heterocycles. The number of carbonyl (C=O) groups is 4. The largest absolute Gasteiger partial charge is 0.335 e. The maximum atomic E-state index is 12.6. The highest BCUT2D eigenvalue weighted by Gasteiger charge is 2.29. The van der Waals surface area contributed by atoms with Gasteiger partial charge in [-0.15, -0.1) is 0 Å². The summed E-state index contributed by atoms with van der Waals surface area (Å²) < 4.78 is 0. The number of urea groups is 1. The number of piperazine rings is 1. The number of imide groups is 1. The third kappa shape index (κ3) is 4.88. The summed E-state index contributed by atoms with van der Waals surface area (Å²) in [5, 5.41) is 2.63. The van der Waals surface area contributed by atoms with Gasteiger partial charge >= 0.3 is 6.03 Å². The molecule has 0 atom stereocenters. The van der Waals surface area contributed by atoms with Crippen molar-refractivity contribution in [3.8, 4) is 0 Å². The molecule has 2 aromatic rings. The van der Waals surface area contributed by atoms with E-state index in [0.717, 1.165) is 17.3 Å². The van der Waals surface area contributed by atoms with Gasteiger partial charge in [0.15, 0.2) is 0 Å². The predicted octanol–water partition coefficient (Wildman–Crippen LogP) is 2.87. The first-order chi connectivity index (χ1) is 15.0. The number of rotatable bonds is 4. The van der Waals surface area contributed by atoms with Crippen LogP contribution in [-0.2, 0) is 11.3 Å². The molecule has 2 heterocycles. The third-order valence-corrected chi connectivity index (χ3v) is 6.12. The lowest BCUT2D eigenvalue weighted by Gasteiger charge is -2.34. The van der Waals surface area contributed by atoms with E-state index in [-0.39, 0.29) is 35.4 Å². The number of anilines is 1. The number of nitrogens with zero attached hydrogens (tertiary/aromatic N) is 3. The average molecular weight is 439 g/mol. The van der Waals surface area contributed by atoms with Crippen molar-refractivity contribution in [2.75, 3.05) is 37.2 Å². The Morgan fingerprint density at radius 1 is 0.871 bits per heavy atom. The molecule has 160 valence electrons. The lowest BCUT2D eigenvalue weighted by atomic mass is 10.2. The smallest absolute Gasteiger partial charge is 0.321 e. The van der Waals surface area contributed by atoms with Crippen molar-refractivity contribution in [2.24, 2.45) is 0 Å². The molecule has 2 saturated heterocycles. The van der Waals surface area contributed by atoms with Crippen molar-refractivity contribution in [1.82, 2.24) is 14.7 Å². The first-order valence-electron chi connectivity index (χ1n) is 9.97. The van der Waals surface area contributed by atoms with Crippen LogP contribution in [0.15, 0.2) is 54.6 Å². The molecule has 5 amide bonds. The molecule has 0 bridgehead atoms. The van der Waals surface area contributed by atoms with E-state index in [1.807, 2.05) is 18.2 Å². The van der Waals surface area contributed by atoms with Gasteiger partial charge in [-0.3, -0.25) is 19.3 Å². The number of nitrogens with one attached hydrogen (secondary N) is 1. The van der Waals surface area contributed by atoms with Gasteiger partial charge in [-0.1, -0.05) is 42.1 Å². The van der Waals surface area contributed by atoms with Gasteiger partial charge in [0.05, 0.1) is 12.3 Å². The van der Waals surface area contributed by atoms with Gasteiger partial charge in [0, 0.05) is 37.4 Å². The molecular formula is C22H22N4O4S. The van der Waals surface area contributed by atoms with Crippen LogP contribution in [0.25, 0.3) is 0 Å². The van der Waals surface area contributed by atoms with Crippen LogP contribution in [-0.4, -0.2) is 69.7 Å². The van der Waals surface area contributed by atoms with E-state index in [4.69, 9.17) is 0 Å². The van der Waals surface area contributed by atoms with E-state index >= 15 is 0 Å². The zero-order chi connectivity index (χ0) is 21.8. The summed E-state index contributed by atoms with van der Waals surface area (Å²) in [6, 6.07) is 16.0. The summed E-state index contributed by atoms with van der Waals surface area (Å²) in [4.78, 5) is 53.2. The highest BCUT2D eigenvalue weighted by molar-refractivity contribution is 8.14. The van der Waals surface area contributed by atoms with Crippen LogP contribution in [0.1, 0.15) is 15.9 Å². The van der Waals surface area contributed by atoms with Crippen LogP contribution in [0.2, 0.25) is 0 Å². The summed E-state index contributed by atoms with van der Waals surface area (Å²) >= 11 is 1.01. The normalized spacial score (nSPS) is 16.6. The van der Waals surface area contributed by atoms with Gasteiger partial charge < -0.3 is 15.1 Å². The molecular weight excluding hydrogens is 416 g/mol. The minimum atomic E-state index is -0.229.